The van der Waals surface area contributed by atoms with E-state index in [9.17, 15) is 22.8 Å². The number of nitrogens with zero attached hydrogens (tertiary/aromatic N) is 1. The van der Waals surface area contributed by atoms with Crippen LogP contribution in [0, 0.1) is 0 Å². The van der Waals surface area contributed by atoms with Crippen molar-refractivity contribution in [1.29, 1.82) is 0 Å². The minimum absolute atomic E-state index is 0.334. The molecule has 5 nitrogen and oxygen atoms in total. The van der Waals surface area contributed by atoms with Crippen molar-refractivity contribution in [3.05, 3.63) is 75.6 Å². The van der Waals surface area contributed by atoms with Gasteiger partial charge in [0.05, 0.1) is 16.7 Å². The van der Waals surface area contributed by atoms with E-state index in [1.54, 1.807) is 18.2 Å². The summed E-state index contributed by atoms with van der Waals surface area (Å²) in [5, 5.41) is 0.334. The molecule has 2 N–H and O–H groups in total. The first kappa shape index (κ1) is 20.7. The number of hydrogen-bond donors (Lipinski definition) is 1. The minimum atomic E-state index is -4.90. The summed E-state index contributed by atoms with van der Waals surface area (Å²) >= 11 is 5.93. The zero-order valence-corrected chi connectivity index (χ0v) is 16.1. The number of rotatable bonds is 3. The maximum Gasteiger partial charge on any atom is 0.417 e. The van der Waals surface area contributed by atoms with Crippen molar-refractivity contribution >= 4 is 28.9 Å². The Hall–Kier alpha value is -3.00. The van der Waals surface area contributed by atoms with Crippen molar-refractivity contribution in [2.45, 2.75) is 12.3 Å². The third-order valence-corrected chi connectivity index (χ3v) is 4.62. The molecule has 0 radical (unpaired) electrons. The monoisotopic (exact) mass is 424 g/mol. The van der Waals surface area contributed by atoms with Crippen molar-refractivity contribution in [1.82, 2.24) is 4.90 Å². The fourth-order valence-electron chi connectivity index (χ4n) is 3.13. The highest BCUT2D eigenvalue weighted by Crippen LogP contribution is 2.43. The van der Waals surface area contributed by atoms with Crippen molar-refractivity contribution in [3.63, 3.8) is 0 Å². The van der Waals surface area contributed by atoms with Gasteiger partial charge in [-0.2, -0.15) is 13.2 Å². The molecular weight excluding hydrogens is 409 g/mol. The maximum atomic E-state index is 13.9. The van der Waals surface area contributed by atoms with Crippen molar-refractivity contribution in [2.24, 2.45) is 5.73 Å². The van der Waals surface area contributed by atoms with Crippen LogP contribution in [-0.2, 0) is 15.7 Å². The molecule has 152 valence electrons. The van der Waals surface area contributed by atoms with E-state index in [4.69, 9.17) is 22.1 Å². The summed E-state index contributed by atoms with van der Waals surface area (Å²) in [6, 6.07) is 9.61. The number of ether oxygens (including phenoxy) is 1. The molecule has 0 spiro atoms. The molecule has 3 rings (SSSR count). The van der Waals surface area contributed by atoms with Crippen LogP contribution < -0.4 is 5.73 Å². The van der Waals surface area contributed by atoms with Crippen molar-refractivity contribution in [3.8, 4) is 0 Å². The molecule has 1 atom stereocenters. The highest BCUT2D eigenvalue weighted by molar-refractivity contribution is 6.31. The van der Waals surface area contributed by atoms with Gasteiger partial charge < -0.3 is 15.4 Å². The van der Waals surface area contributed by atoms with Crippen LogP contribution in [0.5, 0.6) is 0 Å². The predicted octanol–water partition coefficient (Wildman–Crippen LogP) is 4.03. The van der Waals surface area contributed by atoms with Gasteiger partial charge >= 0.3 is 6.18 Å². The van der Waals surface area contributed by atoms with Crippen LogP contribution in [0.4, 0.5) is 13.2 Å². The molecule has 1 amide bonds. The van der Waals surface area contributed by atoms with E-state index in [0.717, 1.165) is 17.0 Å². The predicted molar refractivity (Wildman–Crippen MR) is 101 cm³/mol. The molecule has 1 unspecified atom stereocenters. The molecule has 9 heteroatoms. The molecule has 2 aromatic carbocycles. The van der Waals surface area contributed by atoms with Crippen LogP contribution in [0.2, 0.25) is 5.02 Å². The van der Waals surface area contributed by atoms with Gasteiger partial charge in [-0.3, -0.25) is 9.59 Å². The van der Waals surface area contributed by atoms with Gasteiger partial charge in [-0.1, -0.05) is 35.9 Å². The standard InChI is InChI=1S/C20H16ClF3N2O3/c1-26(2)19(28)13-8-4-7-12(15(13)20(22,23)24)14-16(27)17(29-18(14)25)10-5-3-6-11(21)9-10/h3-9,17H,25H2,1-2H3. The topological polar surface area (TPSA) is 72.6 Å². The summed E-state index contributed by atoms with van der Waals surface area (Å²) in [7, 11) is 2.67. The molecule has 0 fully saturated rings. The normalized spacial score (nSPS) is 16.8. The quantitative estimate of drug-likeness (QED) is 0.807. The van der Waals surface area contributed by atoms with Gasteiger partial charge in [-0.25, -0.2) is 0 Å². The Bertz CT molecular complexity index is 1030. The first-order valence-electron chi connectivity index (χ1n) is 8.40. The minimum Gasteiger partial charge on any atom is -0.462 e. The van der Waals surface area contributed by atoms with E-state index < -0.39 is 52.1 Å². The van der Waals surface area contributed by atoms with Gasteiger partial charge in [0.15, 0.2) is 12.0 Å². The van der Waals surface area contributed by atoms with Crippen molar-refractivity contribution < 1.29 is 27.5 Å². The van der Waals surface area contributed by atoms with Crippen LogP contribution >= 0.6 is 11.6 Å². The molecule has 2 aromatic rings. The molecule has 0 aliphatic carbocycles. The molecule has 29 heavy (non-hydrogen) atoms. The average Bonchev–Trinajstić information content (AvgIpc) is 2.93. The van der Waals surface area contributed by atoms with E-state index in [1.807, 2.05) is 0 Å². The number of ketones is 1. The second-order valence-electron chi connectivity index (χ2n) is 6.58. The molecule has 1 aliphatic rings. The van der Waals surface area contributed by atoms with Crippen molar-refractivity contribution in [2.75, 3.05) is 14.1 Å². The fraction of sp³-hybridized carbons (Fsp3) is 0.200. The largest absolute Gasteiger partial charge is 0.462 e. The first-order valence-corrected chi connectivity index (χ1v) is 8.78. The van der Waals surface area contributed by atoms with Gasteiger partial charge in [-0.15, -0.1) is 0 Å². The molecule has 1 heterocycles. The summed E-state index contributed by atoms with van der Waals surface area (Å²) in [4.78, 5) is 26.3. The number of halogens is 4. The molecular formula is C20H16ClF3N2O3. The Morgan fingerprint density at radius 2 is 1.83 bits per heavy atom. The molecule has 0 aromatic heterocycles. The number of hydrogen-bond acceptors (Lipinski definition) is 4. The number of nitrogens with two attached hydrogens (primary N) is 1. The van der Waals surface area contributed by atoms with Crippen LogP contribution in [0.1, 0.15) is 33.2 Å². The number of benzene rings is 2. The Kier molecular flexibility index (Phi) is 5.32. The summed E-state index contributed by atoms with van der Waals surface area (Å²) in [5.74, 6) is -2.04. The number of carbonyl (C=O) groups is 2. The van der Waals surface area contributed by atoms with Crippen LogP contribution in [0.3, 0.4) is 0 Å². The second kappa shape index (κ2) is 7.44. The number of alkyl halides is 3. The molecule has 0 saturated carbocycles. The Morgan fingerprint density at radius 1 is 1.17 bits per heavy atom. The summed E-state index contributed by atoms with van der Waals surface area (Å²) in [6.45, 7) is 0. The van der Waals surface area contributed by atoms with Gasteiger partial charge in [0.25, 0.3) is 5.91 Å². The third kappa shape index (κ3) is 3.80. The summed E-state index contributed by atoms with van der Waals surface area (Å²) < 4.78 is 47.1. The maximum absolute atomic E-state index is 13.9. The molecule has 0 bridgehead atoms. The first-order chi connectivity index (χ1) is 13.5. The van der Waals surface area contributed by atoms with E-state index in [0.29, 0.717) is 10.6 Å². The van der Waals surface area contributed by atoms with E-state index >= 15 is 0 Å². The van der Waals surface area contributed by atoms with Gasteiger partial charge in [0, 0.05) is 30.2 Å². The van der Waals surface area contributed by atoms with Crippen LogP contribution in [0.25, 0.3) is 5.57 Å². The lowest BCUT2D eigenvalue weighted by Gasteiger charge is -2.19. The van der Waals surface area contributed by atoms with Gasteiger partial charge in [0.1, 0.15) is 0 Å². The molecule has 1 aliphatic heterocycles. The highest BCUT2D eigenvalue weighted by Gasteiger charge is 2.44. The lowest BCUT2D eigenvalue weighted by molar-refractivity contribution is -0.138. The van der Waals surface area contributed by atoms with E-state index in [1.165, 1.54) is 26.2 Å². The Morgan fingerprint density at radius 3 is 2.41 bits per heavy atom. The SMILES string of the molecule is CN(C)C(=O)c1cccc(C2=C(N)OC(c3cccc(Cl)c3)C2=O)c1C(F)(F)F. The van der Waals surface area contributed by atoms with Gasteiger partial charge in [0.2, 0.25) is 5.78 Å². The average molecular weight is 425 g/mol. The van der Waals surface area contributed by atoms with E-state index in [2.05, 4.69) is 0 Å². The second-order valence-corrected chi connectivity index (χ2v) is 7.02. The Balaban J connectivity index is 2.15. The number of amides is 1. The molecule has 0 saturated heterocycles. The van der Waals surface area contributed by atoms with E-state index in [-0.39, 0.29) is 0 Å². The number of Topliss-reactive ketones (excluding diaryl/α,β-unsaturated/α-hetero) is 1. The van der Waals surface area contributed by atoms with Crippen LogP contribution in [-0.4, -0.2) is 30.7 Å². The van der Waals surface area contributed by atoms with Crippen LogP contribution in [0.15, 0.2) is 48.3 Å². The lowest BCUT2D eigenvalue weighted by Crippen LogP contribution is -2.26. The lowest BCUT2D eigenvalue weighted by atomic mass is 9.90. The zero-order valence-electron chi connectivity index (χ0n) is 15.4. The van der Waals surface area contributed by atoms with Gasteiger partial charge in [-0.05, 0) is 18.2 Å². The summed E-state index contributed by atoms with van der Waals surface area (Å²) in [5.41, 5.74) is 3.42. The fourth-order valence-corrected chi connectivity index (χ4v) is 3.33. The third-order valence-electron chi connectivity index (χ3n) is 4.38. The summed E-state index contributed by atoms with van der Waals surface area (Å²) in [6.07, 6.45) is -6.13. The zero-order chi connectivity index (χ0) is 21.5. The Labute approximate surface area is 169 Å². The highest BCUT2D eigenvalue weighted by atomic mass is 35.5. The smallest absolute Gasteiger partial charge is 0.417 e. The number of carbonyl (C=O) groups excluding carboxylic acids is 2.